The van der Waals surface area contributed by atoms with Gasteiger partial charge in [-0.3, -0.25) is 19.5 Å². The minimum absolute atomic E-state index is 0.00756. The van der Waals surface area contributed by atoms with Gasteiger partial charge < -0.3 is 14.7 Å². The number of nitro groups is 1. The van der Waals surface area contributed by atoms with Crippen LogP contribution in [0.1, 0.15) is 6.92 Å². The molecule has 0 aliphatic rings. The summed E-state index contributed by atoms with van der Waals surface area (Å²) in [7, 11) is 0. The summed E-state index contributed by atoms with van der Waals surface area (Å²) in [6, 6.07) is 2.36. The second-order valence-electron chi connectivity index (χ2n) is 3.69. The van der Waals surface area contributed by atoms with Gasteiger partial charge in [0.05, 0.1) is 16.1 Å². The molecule has 0 fully saturated rings. The molecule has 0 saturated carbocycles. The van der Waals surface area contributed by atoms with Crippen molar-refractivity contribution >= 4 is 22.7 Å². The van der Waals surface area contributed by atoms with E-state index in [0.717, 1.165) is 6.07 Å². The maximum atomic E-state index is 11.3. The highest BCUT2D eigenvalue weighted by molar-refractivity contribution is 5.82. The van der Waals surface area contributed by atoms with Crippen molar-refractivity contribution in [3.63, 3.8) is 0 Å². The third-order valence-electron chi connectivity index (χ3n) is 2.30. The van der Waals surface area contributed by atoms with Crippen LogP contribution in [-0.4, -0.2) is 29.3 Å². The highest BCUT2D eigenvalue weighted by atomic mass is 16.8. The molecule has 0 amide bonds. The minimum atomic E-state index is -0.705. The molecule has 20 heavy (non-hydrogen) atoms. The number of hydrogen-bond donors (Lipinski definition) is 0. The smallest absolute Gasteiger partial charge is 0.330 e. The summed E-state index contributed by atoms with van der Waals surface area (Å²) in [5.74, 6) is -0.393. The largest absolute Gasteiger partial charge is 0.490 e. The second-order valence-corrected chi connectivity index (χ2v) is 3.69. The molecule has 106 valence electrons. The van der Waals surface area contributed by atoms with Gasteiger partial charge in [-0.2, -0.15) is 0 Å². The molecule has 0 atom stereocenters. The van der Waals surface area contributed by atoms with E-state index in [-0.39, 0.29) is 34.9 Å². The van der Waals surface area contributed by atoms with Gasteiger partial charge in [-0.15, -0.1) is 0 Å². The van der Waals surface area contributed by atoms with Crippen LogP contribution in [0.4, 0.5) is 5.69 Å². The number of hydrogen-bond acceptors (Lipinski definition) is 8. The number of nitro benzene ring substituents is 1. The Hall–Kier alpha value is -2.91. The van der Waals surface area contributed by atoms with Gasteiger partial charge in [0.25, 0.3) is 0 Å². The first-order valence-electron chi connectivity index (χ1n) is 5.43. The molecule has 1 aromatic carbocycles. The van der Waals surface area contributed by atoms with Crippen molar-refractivity contribution in [3.05, 3.63) is 27.5 Å². The van der Waals surface area contributed by atoms with Crippen molar-refractivity contribution in [1.29, 1.82) is 0 Å². The molecule has 0 aliphatic heterocycles. The molecule has 0 spiro atoms. The number of carbonyl (C=O) groups excluding carboxylic acids is 1. The Balaban J connectivity index is 2.23. The third-order valence-corrected chi connectivity index (χ3v) is 2.30. The van der Waals surface area contributed by atoms with Gasteiger partial charge in [0.15, 0.2) is 0 Å². The number of esters is 1. The highest BCUT2D eigenvalue weighted by Gasteiger charge is 2.25. The molecule has 1 heterocycles. The lowest BCUT2D eigenvalue weighted by Crippen LogP contribution is -2.22. The fraction of sp³-hybridized carbons (Fsp3) is 0.300. The van der Waals surface area contributed by atoms with E-state index in [1.54, 1.807) is 0 Å². The third kappa shape index (κ3) is 2.74. The number of carbonyl (C=O) groups is 1. The Morgan fingerprint density at radius 3 is 2.90 bits per heavy atom. The molecule has 0 radical (unpaired) electrons. The minimum Gasteiger partial charge on any atom is -0.490 e. The fourth-order valence-corrected chi connectivity index (χ4v) is 1.50. The summed E-state index contributed by atoms with van der Waals surface area (Å²) in [6.07, 6.45) is 0. The van der Waals surface area contributed by atoms with Crippen LogP contribution in [0.5, 0.6) is 5.75 Å². The van der Waals surface area contributed by atoms with Crippen LogP contribution in [0.15, 0.2) is 16.8 Å². The van der Waals surface area contributed by atoms with E-state index >= 15 is 0 Å². The maximum absolute atomic E-state index is 11.3. The Bertz CT molecular complexity index is 666. The van der Waals surface area contributed by atoms with Gasteiger partial charge in [-0.05, 0) is 4.90 Å². The van der Waals surface area contributed by atoms with Gasteiger partial charge in [0, 0.05) is 13.0 Å². The van der Waals surface area contributed by atoms with Gasteiger partial charge in [0.1, 0.15) is 19.0 Å². The van der Waals surface area contributed by atoms with Gasteiger partial charge in [-0.25, -0.2) is 0 Å². The quantitative estimate of drug-likeness (QED) is 0.252. The maximum Gasteiger partial charge on any atom is 0.330 e. The summed E-state index contributed by atoms with van der Waals surface area (Å²) >= 11 is 0. The lowest BCUT2D eigenvalue weighted by molar-refractivity contribution is -0.782. The zero-order chi connectivity index (χ0) is 14.7. The molecular weight excluding hydrogens is 274 g/mol. The molecular formula is C10H9N3O7. The molecule has 0 aliphatic carbocycles. The Morgan fingerprint density at radius 1 is 1.50 bits per heavy atom. The molecule has 10 nitrogen and oxygen atoms in total. The number of non-ortho nitro benzene ring substituents is 1. The van der Waals surface area contributed by atoms with Crippen molar-refractivity contribution in [2.75, 3.05) is 13.2 Å². The number of ether oxygens (including phenoxy) is 2. The molecule has 0 saturated heterocycles. The molecule has 0 unspecified atom stereocenters. The zero-order valence-corrected chi connectivity index (χ0v) is 10.3. The first-order valence-corrected chi connectivity index (χ1v) is 5.43. The predicted molar refractivity (Wildman–Crippen MR) is 61.8 cm³/mol. The van der Waals surface area contributed by atoms with Gasteiger partial charge in [-0.1, -0.05) is 0 Å². The van der Waals surface area contributed by atoms with Crippen LogP contribution in [0.2, 0.25) is 0 Å². The molecule has 2 rings (SSSR count). The normalized spacial score (nSPS) is 10.4. The van der Waals surface area contributed by atoms with E-state index in [9.17, 15) is 20.1 Å². The lowest BCUT2D eigenvalue weighted by atomic mass is 10.2. The topological polar surface area (TPSA) is 132 Å². The average molecular weight is 283 g/mol. The van der Waals surface area contributed by atoms with E-state index < -0.39 is 16.6 Å². The van der Waals surface area contributed by atoms with Crippen molar-refractivity contribution in [3.8, 4) is 5.75 Å². The monoisotopic (exact) mass is 283 g/mol. The first kappa shape index (κ1) is 13.5. The number of aromatic nitrogens is 2. The van der Waals surface area contributed by atoms with Crippen molar-refractivity contribution in [2.45, 2.75) is 6.92 Å². The van der Waals surface area contributed by atoms with E-state index in [0.29, 0.717) is 0 Å². The predicted octanol–water partition coefficient (Wildman–Crippen LogP) is 0.311. The Labute approximate surface area is 111 Å². The second kappa shape index (κ2) is 5.38. The summed E-state index contributed by atoms with van der Waals surface area (Å²) in [6.45, 7) is 1.23. The number of fused-ring (bicyclic) bond motifs is 1. The van der Waals surface area contributed by atoms with Crippen LogP contribution in [0, 0.1) is 15.3 Å². The van der Waals surface area contributed by atoms with Crippen molar-refractivity contribution in [2.24, 2.45) is 0 Å². The lowest BCUT2D eigenvalue weighted by Gasteiger charge is -2.05. The summed E-state index contributed by atoms with van der Waals surface area (Å²) < 4.78 is 14.1. The molecule has 2 aromatic rings. The summed E-state index contributed by atoms with van der Waals surface area (Å²) in [5, 5.41) is 25.5. The van der Waals surface area contributed by atoms with Gasteiger partial charge >= 0.3 is 17.2 Å². The summed E-state index contributed by atoms with van der Waals surface area (Å²) in [4.78, 5) is 20.8. The zero-order valence-electron chi connectivity index (χ0n) is 10.3. The van der Waals surface area contributed by atoms with E-state index in [1.807, 2.05) is 0 Å². The average Bonchev–Trinajstić information content (AvgIpc) is 2.75. The highest BCUT2D eigenvalue weighted by Crippen LogP contribution is 2.27. The number of benzene rings is 1. The SMILES string of the molecule is CC(=O)OCCOc1cc([N+](=O)[O-])c2no[n+]([O-])c2c1. The van der Waals surface area contributed by atoms with Crippen LogP contribution in [0.3, 0.4) is 0 Å². The van der Waals surface area contributed by atoms with Gasteiger partial charge in [0.2, 0.25) is 5.52 Å². The van der Waals surface area contributed by atoms with E-state index in [1.165, 1.54) is 13.0 Å². The van der Waals surface area contributed by atoms with Crippen LogP contribution in [0.25, 0.3) is 11.0 Å². The van der Waals surface area contributed by atoms with Crippen molar-refractivity contribution in [1.82, 2.24) is 5.16 Å². The fourth-order valence-electron chi connectivity index (χ4n) is 1.50. The van der Waals surface area contributed by atoms with Crippen molar-refractivity contribution < 1.29 is 28.7 Å². The molecule has 0 bridgehead atoms. The molecule has 10 heteroatoms. The Morgan fingerprint density at radius 2 is 2.25 bits per heavy atom. The number of nitrogens with zero attached hydrogens (tertiary/aromatic N) is 3. The van der Waals surface area contributed by atoms with Crippen LogP contribution in [-0.2, 0) is 9.53 Å². The Kier molecular flexibility index (Phi) is 3.64. The first-order chi connectivity index (χ1) is 9.49. The summed E-state index contributed by atoms with van der Waals surface area (Å²) in [5.41, 5.74) is -0.706. The molecule has 1 aromatic heterocycles. The number of rotatable bonds is 5. The molecule has 0 N–H and O–H groups in total. The van der Waals surface area contributed by atoms with Crippen LogP contribution < -0.4 is 9.64 Å². The standard InChI is InChI=1S/C10H9N3O7/c1-6(14)18-2-3-19-7-4-8(12(15)16)10-9(5-7)13(17)20-11-10/h4-5H,2-3H2,1H3. The van der Waals surface area contributed by atoms with E-state index in [2.05, 4.69) is 14.5 Å². The van der Waals surface area contributed by atoms with Crippen LogP contribution >= 0.6 is 0 Å². The van der Waals surface area contributed by atoms with E-state index in [4.69, 9.17) is 4.74 Å².